The topological polar surface area (TPSA) is 61.4 Å². The van der Waals surface area contributed by atoms with E-state index in [1.807, 2.05) is 38.1 Å². The van der Waals surface area contributed by atoms with Crippen LogP contribution in [0.5, 0.6) is 0 Å². The third-order valence-corrected chi connectivity index (χ3v) is 2.49. The first kappa shape index (κ1) is 14.5. The van der Waals surface area contributed by atoms with Gasteiger partial charge in [-0.15, -0.1) is 0 Å². The molecule has 0 saturated carbocycles. The predicted octanol–water partition coefficient (Wildman–Crippen LogP) is 2.01. The highest BCUT2D eigenvalue weighted by Gasteiger charge is 2.10. The zero-order valence-corrected chi connectivity index (χ0v) is 11.1. The number of hydrogen-bond donors (Lipinski definition) is 3. The summed E-state index contributed by atoms with van der Waals surface area (Å²) in [6, 6.07) is 7.77. The number of aliphatic hydroxyl groups is 1. The molecule has 1 rings (SSSR count). The fourth-order valence-corrected chi connectivity index (χ4v) is 1.65. The van der Waals surface area contributed by atoms with Gasteiger partial charge in [-0.25, -0.2) is 0 Å². The highest BCUT2D eigenvalue weighted by molar-refractivity contribution is 5.99. The van der Waals surface area contributed by atoms with Gasteiger partial charge in [-0.3, -0.25) is 4.79 Å². The Morgan fingerprint density at radius 2 is 2.00 bits per heavy atom. The molecule has 0 unspecified atom stereocenters. The average Bonchev–Trinajstić information content (AvgIpc) is 2.34. The van der Waals surface area contributed by atoms with Crippen molar-refractivity contribution < 1.29 is 9.90 Å². The number of carbonyl (C=O) groups is 1. The van der Waals surface area contributed by atoms with E-state index in [0.29, 0.717) is 18.5 Å². The maximum absolute atomic E-state index is 12.0. The third kappa shape index (κ3) is 4.75. The van der Waals surface area contributed by atoms with Crippen molar-refractivity contribution in [2.45, 2.75) is 32.7 Å². The van der Waals surface area contributed by atoms with E-state index in [4.69, 9.17) is 5.11 Å². The summed E-state index contributed by atoms with van der Waals surface area (Å²) in [6.45, 7) is 4.84. The fraction of sp³-hybridized carbons (Fsp3) is 0.500. The minimum atomic E-state index is -0.0725. The molecule has 1 aromatic carbocycles. The van der Waals surface area contributed by atoms with Gasteiger partial charge in [0.2, 0.25) is 0 Å². The summed E-state index contributed by atoms with van der Waals surface area (Å²) in [7, 11) is 0. The van der Waals surface area contributed by atoms with Crippen molar-refractivity contribution in [1.82, 2.24) is 5.32 Å². The van der Waals surface area contributed by atoms with Crippen LogP contribution in [0.3, 0.4) is 0 Å². The summed E-state index contributed by atoms with van der Waals surface area (Å²) in [5.74, 6) is -0.0725. The normalized spacial score (nSPS) is 10.4. The number of benzene rings is 1. The maximum Gasteiger partial charge on any atom is 0.253 e. The van der Waals surface area contributed by atoms with Gasteiger partial charge in [0.05, 0.1) is 5.56 Å². The summed E-state index contributed by atoms with van der Waals surface area (Å²) >= 11 is 0. The number of aliphatic hydroxyl groups excluding tert-OH is 1. The van der Waals surface area contributed by atoms with Crippen LogP contribution < -0.4 is 10.6 Å². The lowest BCUT2D eigenvalue weighted by Gasteiger charge is -2.14. The molecule has 100 valence electrons. The number of rotatable bonds is 7. The predicted molar refractivity (Wildman–Crippen MR) is 73.9 cm³/mol. The maximum atomic E-state index is 12.0. The third-order valence-electron chi connectivity index (χ3n) is 2.49. The van der Waals surface area contributed by atoms with Crippen LogP contribution in [0.25, 0.3) is 0 Å². The Hall–Kier alpha value is -1.55. The highest BCUT2D eigenvalue weighted by atomic mass is 16.2. The summed E-state index contributed by atoms with van der Waals surface area (Å²) in [5.41, 5.74) is 1.52. The van der Waals surface area contributed by atoms with Gasteiger partial charge < -0.3 is 15.7 Å². The van der Waals surface area contributed by atoms with Gasteiger partial charge >= 0.3 is 0 Å². The second-order valence-corrected chi connectivity index (χ2v) is 4.53. The van der Waals surface area contributed by atoms with E-state index in [9.17, 15) is 4.79 Å². The second kappa shape index (κ2) is 7.71. The first-order valence-electron chi connectivity index (χ1n) is 6.39. The number of unbranched alkanes of at least 4 members (excludes halogenated alkanes) is 1. The Morgan fingerprint density at radius 1 is 1.28 bits per heavy atom. The van der Waals surface area contributed by atoms with Crippen LogP contribution in [0.1, 0.15) is 37.0 Å². The van der Waals surface area contributed by atoms with Crippen LogP contribution in [-0.4, -0.2) is 30.2 Å². The molecule has 4 heteroatoms. The monoisotopic (exact) mass is 250 g/mol. The van der Waals surface area contributed by atoms with E-state index in [2.05, 4.69) is 10.6 Å². The number of nitrogens with one attached hydrogen (secondary N) is 2. The summed E-state index contributed by atoms with van der Waals surface area (Å²) in [6.07, 6.45) is 1.51. The molecule has 0 aromatic heterocycles. The molecule has 18 heavy (non-hydrogen) atoms. The lowest BCUT2D eigenvalue weighted by Crippen LogP contribution is -2.26. The van der Waals surface area contributed by atoms with Crippen molar-refractivity contribution >= 4 is 11.6 Å². The molecule has 0 fully saturated rings. The van der Waals surface area contributed by atoms with Crippen molar-refractivity contribution in [2.75, 3.05) is 18.5 Å². The highest BCUT2D eigenvalue weighted by Crippen LogP contribution is 2.15. The molecule has 1 aromatic rings. The summed E-state index contributed by atoms with van der Waals surface area (Å²) in [4.78, 5) is 12.0. The number of hydrogen-bond acceptors (Lipinski definition) is 3. The smallest absolute Gasteiger partial charge is 0.253 e. The Morgan fingerprint density at radius 3 is 2.67 bits per heavy atom. The van der Waals surface area contributed by atoms with E-state index in [1.54, 1.807) is 0 Å². The zero-order valence-electron chi connectivity index (χ0n) is 11.1. The minimum absolute atomic E-state index is 0.0725. The van der Waals surface area contributed by atoms with Crippen molar-refractivity contribution in [3.8, 4) is 0 Å². The molecule has 3 N–H and O–H groups in total. The van der Waals surface area contributed by atoms with E-state index < -0.39 is 0 Å². The lowest BCUT2D eigenvalue weighted by molar-refractivity contribution is 0.0953. The molecule has 1 amide bonds. The quantitative estimate of drug-likeness (QED) is 0.649. The average molecular weight is 250 g/mol. The lowest BCUT2D eigenvalue weighted by atomic mass is 10.1. The molecule has 0 aliphatic carbocycles. The Balaban J connectivity index is 2.61. The van der Waals surface area contributed by atoms with Crippen LogP contribution in [0.15, 0.2) is 24.3 Å². The van der Waals surface area contributed by atoms with E-state index in [1.165, 1.54) is 0 Å². The van der Waals surface area contributed by atoms with Gasteiger partial charge in [0, 0.05) is 24.9 Å². The van der Waals surface area contributed by atoms with Gasteiger partial charge in [-0.2, -0.15) is 0 Å². The summed E-state index contributed by atoms with van der Waals surface area (Å²) in [5, 5.41) is 14.8. The molecule has 0 atom stereocenters. The van der Waals surface area contributed by atoms with Gasteiger partial charge in [-0.05, 0) is 38.8 Å². The van der Waals surface area contributed by atoms with Crippen LogP contribution in [0.2, 0.25) is 0 Å². The first-order valence-corrected chi connectivity index (χ1v) is 6.39. The molecule has 0 saturated heterocycles. The van der Waals surface area contributed by atoms with Gasteiger partial charge in [0.25, 0.3) is 5.91 Å². The Bertz CT molecular complexity index is 378. The van der Waals surface area contributed by atoms with E-state index in [0.717, 1.165) is 12.1 Å². The van der Waals surface area contributed by atoms with Crippen molar-refractivity contribution in [1.29, 1.82) is 0 Å². The fourth-order valence-electron chi connectivity index (χ4n) is 1.65. The van der Waals surface area contributed by atoms with Crippen LogP contribution in [0.4, 0.5) is 5.69 Å². The van der Waals surface area contributed by atoms with Gasteiger partial charge in [0.15, 0.2) is 0 Å². The van der Waals surface area contributed by atoms with E-state index in [-0.39, 0.29) is 18.6 Å². The van der Waals surface area contributed by atoms with Gasteiger partial charge in [-0.1, -0.05) is 12.1 Å². The van der Waals surface area contributed by atoms with Crippen molar-refractivity contribution in [3.63, 3.8) is 0 Å². The number of carbonyl (C=O) groups excluding carboxylic acids is 1. The number of para-hydroxylation sites is 1. The molecule has 0 aliphatic rings. The number of amides is 1. The van der Waals surface area contributed by atoms with E-state index >= 15 is 0 Å². The standard InChI is InChI=1S/C14H22N2O2/c1-11(2)16-13-8-4-3-7-12(13)14(18)15-9-5-6-10-17/h3-4,7-8,11,16-17H,5-6,9-10H2,1-2H3,(H,15,18). The molecular weight excluding hydrogens is 228 g/mol. The van der Waals surface area contributed by atoms with Crippen molar-refractivity contribution in [3.05, 3.63) is 29.8 Å². The Kier molecular flexibility index (Phi) is 6.22. The van der Waals surface area contributed by atoms with Crippen molar-refractivity contribution in [2.24, 2.45) is 0 Å². The molecular formula is C14H22N2O2. The molecule has 4 nitrogen and oxygen atoms in total. The Labute approximate surface area is 108 Å². The number of anilines is 1. The summed E-state index contributed by atoms with van der Waals surface area (Å²) < 4.78 is 0. The molecule has 0 heterocycles. The minimum Gasteiger partial charge on any atom is -0.396 e. The van der Waals surface area contributed by atoms with Crippen LogP contribution in [0, 0.1) is 0 Å². The molecule has 0 aliphatic heterocycles. The molecule has 0 radical (unpaired) electrons. The molecule has 0 spiro atoms. The largest absolute Gasteiger partial charge is 0.396 e. The van der Waals surface area contributed by atoms with Gasteiger partial charge in [0.1, 0.15) is 0 Å². The SMILES string of the molecule is CC(C)Nc1ccccc1C(=O)NCCCCO. The first-order chi connectivity index (χ1) is 8.65. The van der Waals surface area contributed by atoms with Crippen LogP contribution in [-0.2, 0) is 0 Å². The molecule has 0 bridgehead atoms. The van der Waals surface area contributed by atoms with Crippen LogP contribution >= 0.6 is 0 Å². The zero-order chi connectivity index (χ0) is 13.4. The second-order valence-electron chi connectivity index (χ2n) is 4.53.